The summed E-state index contributed by atoms with van der Waals surface area (Å²) < 4.78 is 46.1. The van der Waals surface area contributed by atoms with Gasteiger partial charge in [-0.3, -0.25) is 4.79 Å². The number of halogens is 3. The van der Waals surface area contributed by atoms with E-state index in [2.05, 4.69) is 20.4 Å². The second-order valence-electron chi connectivity index (χ2n) is 9.40. The highest BCUT2D eigenvalue weighted by atomic mass is 19.4. The number of carbonyl (C=O) groups excluding carboxylic acids is 1. The van der Waals surface area contributed by atoms with E-state index in [4.69, 9.17) is 4.52 Å². The second-order valence-corrected chi connectivity index (χ2v) is 9.40. The number of nitrogens with one attached hydrogen (secondary N) is 1. The molecule has 10 heteroatoms. The maximum absolute atomic E-state index is 12.9. The molecule has 1 saturated carbocycles. The van der Waals surface area contributed by atoms with Crippen molar-refractivity contribution in [3.63, 3.8) is 0 Å². The molecule has 7 nitrogen and oxygen atoms in total. The van der Waals surface area contributed by atoms with Gasteiger partial charge in [0.1, 0.15) is 0 Å². The fourth-order valence-corrected chi connectivity index (χ4v) is 4.94. The van der Waals surface area contributed by atoms with Gasteiger partial charge in [-0.05, 0) is 62.9 Å². The number of imidazole rings is 1. The highest BCUT2D eigenvalue weighted by Crippen LogP contribution is 2.41. The maximum atomic E-state index is 12.9. The average Bonchev–Trinajstić information content (AvgIpc) is 3.20. The van der Waals surface area contributed by atoms with Crippen molar-refractivity contribution in [2.45, 2.75) is 44.3 Å². The summed E-state index contributed by atoms with van der Waals surface area (Å²) in [6.07, 6.45) is 4.60. The van der Waals surface area contributed by atoms with Crippen LogP contribution in [0.25, 0.3) is 11.0 Å². The van der Waals surface area contributed by atoms with Crippen LogP contribution in [0.5, 0.6) is 0 Å². The molecular weight excluding hydrogens is 447 g/mol. The molecule has 1 aliphatic carbocycles. The predicted octanol–water partition coefficient (Wildman–Crippen LogP) is 4.07. The normalized spacial score (nSPS) is 21.7. The van der Waals surface area contributed by atoms with Crippen molar-refractivity contribution in [2.24, 2.45) is 11.8 Å². The Hall–Kier alpha value is -2.88. The van der Waals surface area contributed by atoms with E-state index in [1.54, 1.807) is 12.5 Å². The van der Waals surface area contributed by atoms with Crippen molar-refractivity contribution in [1.82, 2.24) is 24.9 Å². The molecule has 5 rings (SSSR count). The van der Waals surface area contributed by atoms with Crippen molar-refractivity contribution >= 4 is 16.9 Å². The molecule has 1 N–H and O–H groups in total. The number of hydrogen-bond donors (Lipinski definition) is 1. The Bertz CT molecular complexity index is 1120. The number of likely N-dealkylation sites (tertiary alicyclic amines) is 1. The smallest absolute Gasteiger partial charge is 0.356 e. The van der Waals surface area contributed by atoms with Crippen molar-refractivity contribution in [1.29, 1.82) is 0 Å². The third kappa shape index (κ3) is 5.11. The van der Waals surface area contributed by atoms with Crippen molar-refractivity contribution in [3.8, 4) is 0 Å². The number of aryl methyl sites for hydroxylation is 1. The first-order valence-electron chi connectivity index (χ1n) is 11.8. The average molecular weight is 476 g/mol. The molecule has 0 unspecified atom stereocenters. The van der Waals surface area contributed by atoms with E-state index in [1.807, 2.05) is 10.8 Å². The topological polar surface area (TPSA) is 76.2 Å². The van der Waals surface area contributed by atoms with E-state index in [9.17, 15) is 18.0 Å². The Balaban J connectivity index is 1.06. The number of fused-ring (bicyclic) bond motifs is 1. The van der Waals surface area contributed by atoms with Gasteiger partial charge in [-0.2, -0.15) is 13.2 Å². The molecule has 2 aromatic heterocycles. The summed E-state index contributed by atoms with van der Waals surface area (Å²) in [5, 5.41) is 7.82. The van der Waals surface area contributed by atoms with E-state index in [-0.39, 0.29) is 23.3 Å². The number of piperidine rings is 1. The van der Waals surface area contributed by atoms with Gasteiger partial charge in [-0.1, -0.05) is 5.16 Å². The zero-order chi connectivity index (χ0) is 23.7. The van der Waals surface area contributed by atoms with Gasteiger partial charge in [-0.25, -0.2) is 4.98 Å². The summed E-state index contributed by atoms with van der Waals surface area (Å²) >= 11 is 0. The lowest BCUT2D eigenvalue weighted by Crippen LogP contribution is -2.35. The predicted molar refractivity (Wildman–Crippen MR) is 119 cm³/mol. The molecular formula is C24H28F3N5O2. The monoisotopic (exact) mass is 475 g/mol. The number of hydrogen-bond acceptors (Lipinski definition) is 5. The number of benzene rings is 1. The van der Waals surface area contributed by atoms with Crippen LogP contribution in [0.15, 0.2) is 41.4 Å². The molecule has 1 aromatic carbocycles. The zero-order valence-electron chi connectivity index (χ0n) is 18.8. The van der Waals surface area contributed by atoms with Crippen LogP contribution in [0.2, 0.25) is 0 Å². The number of alkyl halides is 3. The van der Waals surface area contributed by atoms with Crippen molar-refractivity contribution in [2.75, 3.05) is 26.2 Å². The van der Waals surface area contributed by atoms with Gasteiger partial charge >= 0.3 is 6.18 Å². The van der Waals surface area contributed by atoms with E-state index >= 15 is 0 Å². The summed E-state index contributed by atoms with van der Waals surface area (Å²) in [5.74, 6) is 0.827. The van der Waals surface area contributed by atoms with Crippen LogP contribution in [0.1, 0.15) is 42.9 Å². The first-order chi connectivity index (χ1) is 16.4. The minimum atomic E-state index is -4.40. The van der Waals surface area contributed by atoms with Crippen LogP contribution >= 0.6 is 0 Å². The van der Waals surface area contributed by atoms with Gasteiger partial charge in [0.2, 0.25) is 5.91 Å². The molecule has 182 valence electrons. The van der Waals surface area contributed by atoms with Crippen LogP contribution in [0.4, 0.5) is 13.2 Å². The van der Waals surface area contributed by atoms with Crippen molar-refractivity contribution < 1.29 is 22.5 Å². The number of amides is 1. The number of rotatable bonds is 8. The van der Waals surface area contributed by atoms with Gasteiger partial charge in [0.25, 0.3) is 0 Å². The van der Waals surface area contributed by atoms with Gasteiger partial charge in [0, 0.05) is 49.2 Å². The third-order valence-corrected chi connectivity index (χ3v) is 7.01. The van der Waals surface area contributed by atoms with Crippen LogP contribution < -0.4 is 5.32 Å². The lowest BCUT2D eigenvalue weighted by Gasteiger charge is -2.31. The number of aromatic nitrogens is 3. The van der Waals surface area contributed by atoms with E-state index < -0.39 is 11.7 Å². The van der Waals surface area contributed by atoms with Crippen molar-refractivity contribution in [3.05, 3.63) is 48.2 Å². The minimum Gasteiger partial charge on any atom is -0.356 e. The van der Waals surface area contributed by atoms with Gasteiger partial charge in [0.05, 0.1) is 17.6 Å². The van der Waals surface area contributed by atoms with E-state index in [0.29, 0.717) is 17.8 Å². The first-order valence-corrected chi connectivity index (χ1v) is 11.8. The molecule has 1 saturated heterocycles. The molecule has 0 bridgehead atoms. The van der Waals surface area contributed by atoms with Crippen LogP contribution in [0.3, 0.4) is 0 Å². The van der Waals surface area contributed by atoms with Crippen LogP contribution in [-0.4, -0.2) is 51.7 Å². The molecule has 1 amide bonds. The van der Waals surface area contributed by atoms with Gasteiger partial charge < -0.3 is 19.3 Å². The minimum absolute atomic E-state index is 0.105. The molecule has 2 aliphatic rings. The fourth-order valence-electron chi connectivity index (χ4n) is 4.94. The number of nitrogens with zero attached hydrogens (tertiary/aromatic N) is 4. The SMILES string of the molecule is O=C(NCCCn1ccnc1)[C@H]1C[C@@H]1CN1CCC(c2noc3cc(C(F)(F)F)ccc23)CC1. The Morgan fingerprint density at radius 2 is 2.06 bits per heavy atom. The Labute approximate surface area is 195 Å². The highest BCUT2D eigenvalue weighted by molar-refractivity contribution is 5.81. The number of carbonyl (C=O) groups is 1. The highest BCUT2D eigenvalue weighted by Gasteiger charge is 2.43. The fraction of sp³-hybridized carbons (Fsp3) is 0.542. The van der Waals surface area contributed by atoms with Gasteiger partial charge in [-0.15, -0.1) is 0 Å². The standard InChI is InChI=1S/C24H28F3N5O2/c25-24(26,27)18-2-3-19-21(13-18)34-30-22(19)16-4-9-31(10-5-16)14-17-12-20(17)23(33)29-6-1-8-32-11-7-28-15-32/h2-3,7,11,13,15-17,20H,1,4-6,8-10,12,14H2,(H,29,33)/t17-,20+/m1/s1. The Kier molecular flexibility index (Phi) is 6.33. The first kappa shape index (κ1) is 22.9. The van der Waals surface area contributed by atoms with Gasteiger partial charge in [0.15, 0.2) is 5.58 Å². The lowest BCUT2D eigenvalue weighted by atomic mass is 9.91. The lowest BCUT2D eigenvalue weighted by molar-refractivity contribution is -0.137. The largest absolute Gasteiger partial charge is 0.416 e. The summed E-state index contributed by atoms with van der Waals surface area (Å²) in [4.78, 5) is 18.8. The molecule has 0 spiro atoms. The van der Waals surface area contributed by atoms with Crippen LogP contribution in [0, 0.1) is 11.8 Å². The quantitative estimate of drug-likeness (QED) is 0.497. The second kappa shape index (κ2) is 9.40. The Morgan fingerprint density at radius 3 is 2.79 bits per heavy atom. The Morgan fingerprint density at radius 1 is 1.24 bits per heavy atom. The molecule has 3 heterocycles. The molecule has 34 heavy (non-hydrogen) atoms. The molecule has 0 radical (unpaired) electrons. The van der Waals surface area contributed by atoms with Crippen LogP contribution in [-0.2, 0) is 17.5 Å². The molecule has 2 fully saturated rings. The maximum Gasteiger partial charge on any atom is 0.416 e. The summed E-state index contributed by atoms with van der Waals surface area (Å²) in [6.45, 7) is 4.19. The van der Waals surface area contributed by atoms with E-state index in [0.717, 1.165) is 69.7 Å². The summed E-state index contributed by atoms with van der Waals surface area (Å²) in [7, 11) is 0. The third-order valence-electron chi connectivity index (χ3n) is 7.01. The van der Waals surface area contributed by atoms with E-state index in [1.165, 1.54) is 6.07 Å². The molecule has 3 aromatic rings. The summed E-state index contributed by atoms with van der Waals surface area (Å²) in [5.41, 5.74) is 0.214. The summed E-state index contributed by atoms with van der Waals surface area (Å²) in [6, 6.07) is 3.59. The molecule has 2 atom stereocenters. The zero-order valence-corrected chi connectivity index (χ0v) is 18.8. The molecule has 1 aliphatic heterocycles.